The van der Waals surface area contributed by atoms with Crippen molar-refractivity contribution in [2.24, 2.45) is 21.7 Å². The Morgan fingerprint density at radius 2 is 1.88 bits per heavy atom. The average Bonchev–Trinajstić information content (AvgIpc) is 2.30. The van der Waals surface area contributed by atoms with E-state index in [1.807, 2.05) is 0 Å². The minimum Gasteiger partial charge on any atom is -0.369 e. The number of guanidine groups is 1. The first-order valence-corrected chi connectivity index (χ1v) is 5.63. The van der Waals surface area contributed by atoms with Crippen molar-refractivity contribution < 1.29 is 4.92 Å². The fourth-order valence-corrected chi connectivity index (χ4v) is 1.49. The highest BCUT2D eigenvalue weighted by Crippen LogP contribution is 2.13. The molecular weight excluding hydrogens is 290 g/mol. The van der Waals surface area contributed by atoms with Crippen molar-refractivity contribution in [2.75, 3.05) is 5.33 Å². The number of non-ortho nitro benzene ring substituents is 1. The van der Waals surface area contributed by atoms with Crippen molar-refractivity contribution in [1.29, 1.82) is 0 Å². The molecule has 0 aromatic heterocycles. The number of nitro benzene ring substituents is 1. The fraction of sp³-hybridized carbons (Fsp3) is 0.111. The van der Waals surface area contributed by atoms with E-state index in [1.54, 1.807) is 12.1 Å². The summed E-state index contributed by atoms with van der Waals surface area (Å²) in [4.78, 5) is 10.0. The molecule has 8 heteroatoms. The summed E-state index contributed by atoms with van der Waals surface area (Å²) in [6, 6.07) is 5.95. The van der Waals surface area contributed by atoms with Crippen molar-refractivity contribution in [3.8, 4) is 0 Å². The zero-order valence-corrected chi connectivity index (χ0v) is 10.3. The van der Waals surface area contributed by atoms with Crippen LogP contribution in [0.5, 0.6) is 0 Å². The molecule has 0 fully saturated rings. The molecule has 1 aromatic rings. The summed E-state index contributed by atoms with van der Waals surface area (Å²) in [6.45, 7) is 0. The third kappa shape index (κ3) is 3.83. The quantitative estimate of drug-likeness (QED) is 0.283. The molecule has 0 amide bonds. The van der Waals surface area contributed by atoms with E-state index in [1.165, 1.54) is 12.1 Å². The average molecular weight is 300 g/mol. The Kier molecular flexibility index (Phi) is 4.58. The van der Waals surface area contributed by atoms with Crippen LogP contribution in [0.2, 0.25) is 0 Å². The van der Waals surface area contributed by atoms with Gasteiger partial charge in [-0.1, -0.05) is 15.9 Å². The number of nitro groups is 1. The molecule has 0 unspecified atom stereocenters. The summed E-state index contributed by atoms with van der Waals surface area (Å²) in [5.41, 5.74) is 11.6. The molecule has 0 heterocycles. The van der Waals surface area contributed by atoms with Gasteiger partial charge in [0, 0.05) is 17.5 Å². The fourth-order valence-electron chi connectivity index (χ4n) is 1.06. The molecule has 7 nitrogen and oxygen atoms in total. The molecule has 4 N–H and O–H groups in total. The summed E-state index contributed by atoms with van der Waals surface area (Å²) < 4.78 is 0. The third-order valence-electron chi connectivity index (χ3n) is 1.82. The number of rotatable bonds is 4. The Hall–Kier alpha value is -1.96. The molecule has 0 saturated carbocycles. The maximum Gasteiger partial charge on any atom is 0.269 e. The molecule has 90 valence electrons. The van der Waals surface area contributed by atoms with Crippen LogP contribution in [0.15, 0.2) is 34.5 Å². The SMILES string of the molecule is NC(N)=N/N=C(\CBr)c1ccc([N+](=O)[O-])cc1. The maximum absolute atomic E-state index is 10.5. The van der Waals surface area contributed by atoms with Gasteiger partial charge in [0.1, 0.15) is 0 Å². The molecule has 0 radical (unpaired) electrons. The van der Waals surface area contributed by atoms with Gasteiger partial charge in [0.2, 0.25) is 5.96 Å². The molecule has 0 saturated heterocycles. The van der Waals surface area contributed by atoms with Crippen LogP contribution >= 0.6 is 15.9 Å². The largest absolute Gasteiger partial charge is 0.369 e. The topological polar surface area (TPSA) is 120 Å². The first-order chi connectivity index (χ1) is 8.04. The molecule has 0 aliphatic rings. The number of benzene rings is 1. The highest BCUT2D eigenvalue weighted by atomic mass is 79.9. The molecule has 0 aliphatic carbocycles. The highest BCUT2D eigenvalue weighted by Gasteiger charge is 2.07. The van der Waals surface area contributed by atoms with Crippen LogP contribution in [0.25, 0.3) is 0 Å². The number of halogens is 1. The normalized spacial score (nSPS) is 11.0. The number of alkyl halides is 1. The van der Waals surface area contributed by atoms with Gasteiger partial charge in [-0.2, -0.15) is 5.10 Å². The predicted molar refractivity (Wildman–Crippen MR) is 69.2 cm³/mol. The maximum atomic E-state index is 10.5. The van der Waals surface area contributed by atoms with E-state index >= 15 is 0 Å². The lowest BCUT2D eigenvalue weighted by Crippen LogP contribution is -2.22. The molecule has 0 atom stereocenters. The van der Waals surface area contributed by atoms with Crippen LogP contribution in [0.4, 0.5) is 5.69 Å². The van der Waals surface area contributed by atoms with Crippen LogP contribution < -0.4 is 11.5 Å². The van der Waals surface area contributed by atoms with E-state index in [4.69, 9.17) is 11.5 Å². The van der Waals surface area contributed by atoms with Crippen molar-refractivity contribution in [2.45, 2.75) is 0 Å². The summed E-state index contributed by atoms with van der Waals surface area (Å²) in [7, 11) is 0. The molecular formula is C9H10BrN5O2. The Labute approximate surface area is 105 Å². The summed E-state index contributed by atoms with van der Waals surface area (Å²) in [5.74, 6) is -0.148. The number of hydrogen-bond acceptors (Lipinski definition) is 4. The summed E-state index contributed by atoms with van der Waals surface area (Å²) in [6.07, 6.45) is 0. The van der Waals surface area contributed by atoms with Gasteiger partial charge >= 0.3 is 0 Å². The second kappa shape index (κ2) is 5.94. The van der Waals surface area contributed by atoms with Crippen LogP contribution in [-0.4, -0.2) is 21.9 Å². The van der Waals surface area contributed by atoms with E-state index in [2.05, 4.69) is 26.1 Å². The molecule has 0 aliphatic heterocycles. The smallest absolute Gasteiger partial charge is 0.269 e. The van der Waals surface area contributed by atoms with E-state index in [9.17, 15) is 10.1 Å². The van der Waals surface area contributed by atoms with Crippen LogP contribution in [0.3, 0.4) is 0 Å². The highest BCUT2D eigenvalue weighted by molar-refractivity contribution is 9.09. The monoisotopic (exact) mass is 299 g/mol. The number of nitrogens with two attached hydrogens (primary N) is 2. The van der Waals surface area contributed by atoms with E-state index < -0.39 is 4.92 Å². The molecule has 0 spiro atoms. The Bertz CT molecular complexity index is 465. The number of nitrogens with zero attached hydrogens (tertiary/aromatic N) is 3. The lowest BCUT2D eigenvalue weighted by molar-refractivity contribution is -0.384. The van der Waals surface area contributed by atoms with Gasteiger partial charge in [-0.3, -0.25) is 10.1 Å². The first-order valence-electron chi connectivity index (χ1n) is 4.51. The summed E-state index contributed by atoms with van der Waals surface area (Å²) in [5, 5.41) is 18.3. The van der Waals surface area contributed by atoms with E-state index in [0.717, 1.165) is 0 Å². The van der Waals surface area contributed by atoms with E-state index in [0.29, 0.717) is 16.6 Å². The molecule has 0 bridgehead atoms. The Morgan fingerprint density at radius 1 is 1.29 bits per heavy atom. The van der Waals surface area contributed by atoms with Gasteiger partial charge in [-0.25, -0.2) is 0 Å². The third-order valence-corrected chi connectivity index (χ3v) is 2.36. The summed E-state index contributed by atoms with van der Waals surface area (Å²) >= 11 is 3.23. The van der Waals surface area contributed by atoms with Gasteiger partial charge in [-0.05, 0) is 17.7 Å². The minimum atomic E-state index is -0.468. The van der Waals surface area contributed by atoms with Gasteiger partial charge < -0.3 is 11.5 Å². The second-order valence-corrected chi connectivity index (χ2v) is 3.57. The molecule has 17 heavy (non-hydrogen) atoms. The first kappa shape index (κ1) is 13.1. The number of hydrogen-bond donors (Lipinski definition) is 2. The minimum absolute atomic E-state index is 0.0181. The zero-order chi connectivity index (χ0) is 12.8. The predicted octanol–water partition coefficient (Wildman–Crippen LogP) is 0.967. The van der Waals surface area contributed by atoms with E-state index in [-0.39, 0.29) is 11.6 Å². The lowest BCUT2D eigenvalue weighted by Gasteiger charge is -2.00. The van der Waals surface area contributed by atoms with Gasteiger partial charge in [-0.15, -0.1) is 5.10 Å². The Morgan fingerprint density at radius 3 is 2.29 bits per heavy atom. The van der Waals surface area contributed by atoms with Crippen LogP contribution in [-0.2, 0) is 0 Å². The second-order valence-electron chi connectivity index (χ2n) is 3.01. The van der Waals surface area contributed by atoms with Crippen LogP contribution in [0, 0.1) is 10.1 Å². The van der Waals surface area contributed by atoms with Gasteiger partial charge in [0.25, 0.3) is 5.69 Å². The molecule has 1 rings (SSSR count). The van der Waals surface area contributed by atoms with Crippen molar-refractivity contribution in [3.05, 3.63) is 39.9 Å². The standard InChI is InChI=1S/C9H10BrN5O2/c10-5-8(13-14-9(11)12)6-1-3-7(4-2-6)15(16)17/h1-4H,5H2,(H4,11,12,14)/b13-8+. The van der Waals surface area contributed by atoms with Crippen molar-refractivity contribution >= 4 is 33.3 Å². The lowest BCUT2D eigenvalue weighted by atomic mass is 10.1. The zero-order valence-electron chi connectivity index (χ0n) is 8.71. The Balaban J connectivity index is 3.01. The van der Waals surface area contributed by atoms with Gasteiger partial charge in [0.15, 0.2) is 0 Å². The van der Waals surface area contributed by atoms with Crippen molar-refractivity contribution in [3.63, 3.8) is 0 Å². The van der Waals surface area contributed by atoms with Crippen molar-refractivity contribution in [1.82, 2.24) is 0 Å². The molecule has 1 aromatic carbocycles. The van der Waals surface area contributed by atoms with Gasteiger partial charge in [0.05, 0.1) is 10.6 Å². The van der Waals surface area contributed by atoms with Crippen LogP contribution in [0.1, 0.15) is 5.56 Å².